The Kier molecular flexibility index (Phi) is 2.94. The Balaban J connectivity index is 1.98. The van der Waals surface area contributed by atoms with Gasteiger partial charge in [-0.1, -0.05) is 44.2 Å². The maximum atomic E-state index is 10.5. The van der Waals surface area contributed by atoms with Crippen molar-refractivity contribution in [2.75, 3.05) is 0 Å². The molecule has 1 aliphatic carbocycles. The van der Waals surface area contributed by atoms with Crippen molar-refractivity contribution < 1.29 is 5.11 Å². The minimum absolute atomic E-state index is 0.0110. The van der Waals surface area contributed by atoms with Crippen molar-refractivity contribution in [1.82, 2.24) is 9.55 Å². The van der Waals surface area contributed by atoms with Crippen LogP contribution in [0.15, 0.2) is 42.7 Å². The molecule has 100 valence electrons. The van der Waals surface area contributed by atoms with Gasteiger partial charge in [0, 0.05) is 18.0 Å². The minimum Gasteiger partial charge on any atom is -0.390 e. The van der Waals surface area contributed by atoms with Gasteiger partial charge in [0.1, 0.15) is 5.82 Å². The minimum atomic E-state index is -0.316. The molecule has 2 aromatic rings. The molecule has 2 atom stereocenters. The number of aliphatic hydroxyl groups is 1. The number of hydrogen-bond acceptors (Lipinski definition) is 2. The Hall–Kier alpha value is -1.61. The van der Waals surface area contributed by atoms with Crippen LogP contribution >= 0.6 is 0 Å². The molecule has 1 saturated carbocycles. The fraction of sp³-hybridized carbons (Fsp3) is 0.438. The molecule has 0 amide bonds. The first-order chi connectivity index (χ1) is 9.09. The number of hydrogen-bond donors (Lipinski definition) is 1. The molecule has 1 heterocycles. The maximum absolute atomic E-state index is 10.5. The van der Waals surface area contributed by atoms with Gasteiger partial charge in [-0.15, -0.1) is 0 Å². The van der Waals surface area contributed by atoms with Gasteiger partial charge in [0.15, 0.2) is 0 Å². The molecule has 1 aliphatic rings. The van der Waals surface area contributed by atoms with E-state index in [-0.39, 0.29) is 17.6 Å². The van der Waals surface area contributed by atoms with Gasteiger partial charge in [0.25, 0.3) is 0 Å². The highest BCUT2D eigenvalue weighted by Gasteiger charge is 2.42. The number of imidazole rings is 1. The normalized spacial score (nSPS) is 25.6. The zero-order valence-corrected chi connectivity index (χ0v) is 11.5. The summed E-state index contributed by atoms with van der Waals surface area (Å²) in [4.78, 5) is 4.47. The van der Waals surface area contributed by atoms with E-state index in [1.54, 1.807) is 0 Å². The number of nitrogens with zero attached hydrogens (tertiary/aromatic N) is 2. The molecule has 1 aromatic carbocycles. The average Bonchev–Trinajstić information content (AvgIpc) is 2.97. The Bertz CT molecular complexity index is 559. The van der Waals surface area contributed by atoms with Crippen LogP contribution in [0.3, 0.4) is 0 Å². The predicted octanol–water partition coefficient (Wildman–Crippen LogP) is 3.27. The first kappa shape index (κ1) is 12.4. The highest BCUT2D eigenvalue weighted by Crippen LogP contribution is 2.44. The SMILES string of the molecule is CC1(C)CCC(n2ccnc2-c2ccccc2)C1O. The second-order valence-electron chi connectivity index (χ2n) is 6.06. The van der Waals surface area contributed by atoms with Crippen molar-refractivity contribution in [1.29, 1.82) is 0 Å². The van der Waals surface area contributed by atoms with Crippen molar-refractivity contribution in [3.63, 3.8) is 0 Å². The molecule has 0 bridgehead atoms. The van der Waals surface area contributed by atoms with Crippen LogP contribution in [-0.4, -0.2) is 20.8 Å². The van der Waals surface area contributed by atoms with Crippen molar-refractivity contribution in [3.05, 3.63) is 42.7 Å². The Morgan fingerprint density at radius 3 is 2.63 bits per heavy atom. The molecule has 3 heteroatoms. The van der Waals surface area contributed by atoms with Gasteiger partial charge in [-0.2, -0.15) is 0 Å². The van der Waals surface area contributed by atoms with Gasteiger partial charge in [-0.3, -0.25) is 0 Å². The van der Waals surface area contributed by atoms with Crippen LogP contribution in [0, 0.1) is 5.41 Å². The molecule has 1 aromatic heterocycles. The summed E-state index contributed by atoms with van der Waals surface area (Å²) in [5.74, 6) is 0.947. The van der Waals surface area contributed by atoms with E-state index in [1.165, 1.54) is 0 Å². The molecule has 0 aliphatic heterocycles. The average molecular weight is 256 g/mol. The Morgan fingerprint density at radius 2 is 2.00 bits per heavy atom. The van der Waals surface area contributed by atoms with Crippen molar-refractivity contribution in [3.8, 4) is 11.4 Å². The largest absolute Gasteiger partial charge is 0.390 e. The zero-order valence-electron chi connectivity index (χ0n) is 11.5. The molecular formula is C16H20N2O. The van der Waals surface area contributed by atoms with E-state index in [4.69, 9.17) is 0 Å². The van der Waals surface area contributed by atoms with E-state index in [9.17, 15) is 5.11 Å². The molecule has 0 spiro atoms. The molecule has 3 nitrogen and oxygen atoms in total. The standard InChI is InChI=1S/C16H20N2O/c1-16(2)9-8-13(14(16)19)18-11-10-17-15(18)12-6-4-3-5-7-12/h3-7,10-11,13-14,19H,8-9H2,1-2H3. The quantitative estimate of drug-likeness (QED) is 0.895. The first-order valence-corrected chi connectivity index (χ1v) is 6.86. The molecule has 2 unspecified atom stereocenters. The van der Waals surface area contributed by atoms with Crippen LogP contribution < -0.4 is 0 Å². The van der Waals surface area contributed by atoms with Gasteiger partial charge in [0.2, 0.25) is 0 Å². The molecule has 0 saturated heterocycles. The maximum Gasteiger partial charge on any atom is 0.140 e. The number of benzene rings is 1. The molecule has 3 rings (SSSR count). The lowest BCUT2D eigenvalue weighted by atomic mass is 9.89. The fourth-order valence-corrected chi connectivity index (χ4v) is 3.03. The van der Waals surface area contributed by atoms with Gasteiger partial charge in [-0.25, -0.2) is 4.98 Å². The third-order valence-electron chi connectivity index (χ3n) is 4.31. The Morgan fingerprint density at radius 1 is 1.26 bits per heavy atom. The number of aromatic nitrogens is 2. The van der Waals surface area contributed by atoms with Gasteiger partial charge >= 0.3 is 0 Å². The van der Waals surface area contributed by atoms with Crippen LogP contribution in [0.4, 0.5) is 0 Å². The van der Waals surface area contributed by atoms with Crippen molar-refractivity contribution >= 4 is 0 Å². The molecule has 1 N–H and O–H groups in total. The monoisotopic (exact) mass is 256 g/mol. The van der Waals surface area contributed by atoms with Gasteiger partial charge < -0.3 is 9.67 Å². The predicted molar refractivity (Wildman–Crippen MR) is 75.7 cm³/mol. The van der Waals surface area contributed by atoms with Crippen LogP contribution in [0.25, 0.3) is 11.4 Å². The second-order valence-corrected chi connectivity index (χ2v) is 6.06. The van der Waals surface area contributed by atoms with E-state index >= 15 is 0 Å². The summed E-state index contributed by atoms with van der Waals surface area (Å²) in [5, 5.41) is 10.5. The molecule has 0 radical (unpaired) electrons. The van der Waals surface area contributed by atoms with Crippen LogP contribution in [0.2, 0.25) is 0 Å². The lowest BCUT2D eigenvalue weighted by Gasteiger charge is -2.27. The lowest BCUT2D eigenvalue weighted by molar-refractivity contribution is 0.0502. The van der Waals surface area contributed by atoms with E-state index in [2.05, 4.69) is 35.5 Å². The van der Waals surface area contributed by atoms with Gasteiger partial charge in [0.05, 0.1) is 12.1 Å². The summed E-state index contributed by atoms with van der Waals surface area (Å²) >= 11 is 0. The van der Waals surface area contributed by atoms with Crippen LogP contribution in [0.1, 0.15) is 32.7 Å². The third-order valence-corrected chi connectivity index (χ3v) is 4.31. The summed E-state index contributed by atoms with van der Waals surface area (Å²) < 4.78 is 2.13. The number of aliphatic hydroxyl groups excluding tert-OH is 1. The fourth-order valence-electron chi connectivity index (χ4n) is 3.03. The van der Waals surface area contributed by atoms with Crippen molar-refractivity contribution in [2.24, 2.45) is 5.41 Å². The number of rotatable bonds is 2. The molecular weight excluding hydrogens is 236 g/mol. The summed E-state index contributed by atoms with van der Waals surface area (Å²) in [6.45, 7) is 4.27. The molecule has 1 fully saturated rings. The third kappa shape index (κ3) is 2.08. The van der Waals surface area contributed by atoms with Crippen LogP contribution in [-0.2, 0) is 0 Å². The van der Waals surface area contributed by atoms with Gasteiger partial charge in [-0.05, 0) is 18.3 Å². The van der Waals surface area contributed by atoms with E-state index in [1.807, 2.05) is 30.6 Å². The van der Waals surface area contributed by atoms with E-state index in [0.29, 0.717) is 0 Å². The summed E-state index contributed by atoms with van der Waals surface area (Å²) in [5.41, 5.74) is 1.09. The Labute approximate surface area is 113 Å². The van der Waals surface area contributed by atoms with Crippen molar-refractivity contribution in [2.45, 2.75) is 38.8 Å². The highest BCUT2D eigenvalue weighted by molar-refractivity contribution is 5.55. The second kappa shape index (κ2) is 4.49. The van der Waals surface area contributed by atoms with E-state index in [0.717, 1.165) is 24.2 Å². The highest BCUT2D eigenvalue weighted by atomic mass is 16.3. The summed E-state index contributed by atoms with van der Waals surface area (Å²) in [7, 11) is 0. The summed E-state index contributed by atoms with van der Waals surface area (Å²) in [6.07, 6.45) is 5.54. The topological polar surface area (TPSA) is 38.0 Å². The van der Waals surface area contributed by atoms with E-state index < -0.39 is 0 Å². The molecule has 19 heavy (non-hydrogen) atoms. The zero-order chi connectivity index (χ0) is 13.5. The van der Waals surface area contributed by atoms with Crippen LogP contribution in [0.5, 0.6) is 0 Å². The smallest absolute Gasteiger partial charge is 0.140 e. The first-order valence-electron chi connectivity index (χ1n) is 6.86. The summed E-state index contributed by atoms with van der Waals surface area (Å²) in [6, 6.07) is 10.3. The lowest BCUT2D eigenvalue weighted by Crippen LogP contribution is -2.29.